The number of carbonyl (C=O) groups is 3. The van der Waals surface area contributed by atoms with Gasteiger partial charge in [0.25, 0.3) is 0 Å². The number of pyridine rings is 1. The summed E-state index contributed by atoms with van der Waals surface area (Å²) >= 11 is 0. The Morgan fingerprint density at radius 2 is 1.49 bits per heavy atom. The highest BCUT2D eigenvalue weighted by molar-refractivity contribution is 7.47. The van der Waals surface area contributed by atoms with E-state index in [1.54, 1.807) is 29.0 Å². The first-order valence-corrected chi connectivity index (χ1v) is 20.2. The molecule has 1 unspecified atom stereocenters. The Morgan fingerprint density at radius 3 is 2.11 bits per heavy atom. The number of carboxylic acids is 2. The molecule has 3 N–H and O–H groups in total. The summed E-state index contributed by atoms with van der Waals surface area (Å²) in [6, 6.07) is 12.6. The van der Waals surface area contributed by atoms with Crippen LogP contribution in [0.4, 0.5) is 0 Å². The standard InChI is InChI=1S/C40H56N5O9P/c1-29-23-32(4)39(33(5)24-29)35-25-31(3)37(26-30(35)2)54-55(51,52)53-22-8-10-36(40(49)50)45-18-16-42(20-21-46)12-13-43(27-34-9-6-7-11-41-34)14-15-44(17-19-45)28-38(47)48/h6-7,9,11,21,23-26,36H,8,10,12-20,22,27-28H2,1-5H3,(H,47,48)(H,49,50)(H,51,52)/t36-/m1/s1. The van der Waals surface area contributed by atoms with Gasteiger partial charge in [0.15, 0.2) is 0 Å². The van der Waals surface area contributed by atoms with Gasteiger partial charge < -0.3 is 19.5 Å². The number of rotatable bonds is 16. The molecule has 14 nitrogen and oxygen atoms in total. The van der Waals surface area contributed by atoms with E-state index >= 15 is 0 Å². The van der Waals surface area contributed by atoms with Gasteiger partial charge in [-0.1, -0.05) is 23.8 Å². The number of aldehydes is 1. The van der Waals surface area contributed by atoms with E-state index in [-0.39, 0.29) is 44.8 Å². The molecule has 0 spiro atoms. The molecule has 1 fully saturated rings. The number of aliphatic carboxylic acids is 2. The number of hydrogen-bond acceptors (Lipinski definition) is 11. The maximum atomic E-state index is 13.1. The first-order chi connectivity index (χ1) is 26.1. The lowest BCUT2D eigenvalue weighted by Crippen LogP contribution is -2.51. The second kappa shape index (κ2) is 20.8. The summed E-state index contributed by atoms with van der Waals surface area (Å²) in [4.78, 5) is 58.9. The lowest BCUT2D eigenvalue weighted by Gasteiger charge is -2.35. The van der Waals surface area contributed by atoms with Gasteiger partial charge in [0.05, 0.1) is 25.4 Å². The summed E-state index contributed by atoms with van der Waals surface area (Å²) in [6.07, 6.45) is 2.80. The van der Waals surface area contributed by atoms with Crippen molar-refractivity contribution in [2.45, 2.75) is 60.0 Å². The highest BCUT2D eigenvalue weighted by Crippen LogP contribution is 2.46. The van der Waals surface area contributed by atoms with E-state index in [4.69, 9.17) is 9.05 Å². The average Bonchev–Trinajstić information content (AvgIpc) is 3.10. The maximum Gasteiger partial charge on any atom is 0.527 e. The molecule has 2 aromatic carbocycles. The summed E-state index contributed by atoms with van der Waals surface area (Å²) in [5.41, 5.74) is 8.00. The molecular formula is C40H56N5O9P. The van der Waals surface area contributed by atoms with Gasteiger partial charge in [-0.05, 0) is 105 Å². The fraction of sp³-hybridized carbons (Fsp3) is 0.500. The van der Waals surface area contributed by atoms with Crippen LogP contribution in [-0.4, -0.2) is 136 Å². The molecule has 0 amide bonds. The van der Waals surface area contributed by atoms with Gasteiger partial charge >= 0.3 is 19.8 Å². The van der Waals surface area contributed by atoms with Crippen LogP contribution in [0.2, 0.25) is 0 Å². The molecule has 0 aliphatic carbocycles. The topological polar surface area (TPSA) is 173 Å². The Labute approximate surface area is 324 Å². The molecule has 15 heteroatoms. The minimum atomic E-state index is -4.56. The van der Waals surface area contributed by atoms with Crippen LogP contribution in [0.3, 0.4) is 0 Å². The first kappa shape index (κ1) is 43.7. The first-order valence-electron chi connectivity index (χ1n) is 18.7. The third-order valence-corrected chi connectivity index (χ3v) is 10.9. The highest BCUT2D eigenvalue weighted by Gasteiger charge is 2.29. The van der Waals surface area contributed by atoms with Crippen LogP contribution in [0.5, 0.6) is 5.75 Å². The second-order valence-corrected chi connectivity index (χ2v) is 15.7. The normalized spacial score (nSPS) is 17.4. The highest BCUT2D eigenvalue weighted by atomic mass is 31.2. The predicted octanol–water partition coefficient (Wildman–Crippen LogP) is 4.73. The Hall–Kier alpha value is -4.01. The number of aryl methyl sites for hydroxylation is 5. The molecule has 0 saturated carbocycles. The third kappa shape index (κ3) is 13.6. The molecule has 55 heavy (non-hydrogen) atoms. The number of phosphoric ester groups is 1. The minimum absolute atomic E-state index is 0.0991. The number of benzene rings is 2. The zero-order chi connectivity index (χ0) is 40.1. The third-order valence-electron chi connectivity index (χ3n) is 9.96. The Morgan fingerprint density at radius 1 is 0.855 bits per heavy atom. The minimum Gasteiger partial charge on any atom is -0.480 e. The lowest BCUT2D eigenvalue weighted by molar-refractivity contribution is -0.144. The van der Waals surface area contributed by atoms with E-state index in [9.17, 15) is 34.1 Å². The number of carboxylic acid groups (broad SMARTS) is 2. The summed E-state index contributed by atoms with van der Waals surface area (Å²) in [7, 11) is -4.56. The Bertz CT molecular complexity index is 1790. The van der Waals surface area contributed by atoms with Gasteiger partial charge in [0.1, 0.15) is 18.1 Å². The number of aromatic nitrogens is 1. The van der Waals surface area contributed by atoms with Crippen molar-refractivity contribution in [1.29, 1.82) is 0 Å². The van der Waals surface area contributed by atoms with E-state index in [1.807, 2.05) is 36.1 Å². The van der Waals surface area contributed by atoms with Crippen molar-refractivity contribution in [2.75, 3.05) is 72.1 Å². The molecule has 3 aromatic rings. The molecule has 2 atom stereocenters. The van der Waals surface area contributed by atoms with E-state index in [1.165, 1.54) is 5.56 Å². The van der Waals surface area contributed by atoms with Crippen molar-refractivity contribution in [3.63, 3.8) is 0 Å². The molecule has 4 rings (SSSR count). The quantitative estimate of drug-likeness (QED) is 0.104. The fourth-order valence-electron chi connectivity index (χ4n) is 7.21. The fourth-order valence-corrected chi connectivity index (χ4v) is 8.07. The van der Waals surface area contributed by atoms with Crippen LogP contribution in [0.15, 0.2) is 48.7 Å². The average molecular weight is 782 g/mol. The van der Waals surface area contributed by atoms with Crippen molar-refractivity contribution in [3.8, 4) is 16.9 Å². The van der Waals surface area contributed by atoms with Crippen molar-refractivity contribution < 1.29 is 43.1 Å². The Balaban J connectivity index is 1.40. The number of phosphoric acid groups is 1. The second-order valence-electron chi connectivity index (χ2n) is 14.4. The molecule has 1 aliphatic rings. The summed E-state index contributed by atoms with van der Waals surface area (Å²) in [5.74, 6) is -1.83. The van der Waals surface area contributed by atoms with Crippen molar-refractivity contribution in [1.82, 2.24) is 24.6 Å². The molecule has 2 heterocycles. The van der Waals surface area contributed by atoms with Crippen LogP contribution < -0.4 is 4.52 Å². The Kier molecular flexibility index (Phi) is 16.5. The van der Waals surface area contributed by atoms with Crippen molar-refractivity contribution >= 4 is 26.0 Å². The molecule has 1 aromatic heterocycles. The zero-order valence-corrected chi connectivity index (χ0v) is 33.5. The van der Waals surface area contributed by atoms with Crippen LogP contribution >= 0.6 is 7.82 Å². The summed E-state index contributed by atoms with van der Waals surface area (Å²) < 4.78 is 23.9. The van der Waals surface area contributed by atoms with Crippen LogP contribution in [0.25, 0.3) is 11.1 Å². The summed E-state index contributed by atoms with van der Waals surface area (Å²) in [5, 5.41) is 20.0. The van der Waals surface area contributed by atoms with E-state index in [0.717, 1.165) is 39.8 Å². The van der Waals surface area contributed by atoms with Crippen LogP contribution in [0, 0.1) is 34.6 Å². The van der Waals surface area contributed by atoms with Gasteiger partial charge in [-0.25, -0.2) is 4.57 Å². The zero-order valence-electron chi connectivity index (χ0n) is 32.6. The molecular weight excluding hydrogens is 725 g/mol. The van der Waals surface area contributed by atoms with Crippen LogP contribution in [0.1, 0.15) is 46.4 Å². The monoisotopic (exact) mass is 781 g/mol. The lowest BCUT2D eigenvalue weighted by atomic mass is 9.90. The van der Waals surface area contributed by atoms with Crippen molar-refractivity contribution in [3.05, 3.63) is 82.2 Å². The molecule has 300 valence electrons. The predicted molar refractivity (Wildman–Crippen MR) is 210 cm³/mol. The van der Waals surface area contributed by atoms with Gasteiger partial charge in [0, 0.05) is 65.1 Å². The van der Waals surface area contributed by atoms with Crippen LogP contribution in [-0.2, 0) is 30.0 Å². The molecule has 1 aliphatic heterocycles. The largest absolute Gasteiger partial charge is 0.527 e. The van der Waals surface area contributed by atoms with Gasteiger partial charge in [-0.15, -0.1) is 0 Å². The maximum absolute atomic E-state index is 13.1. The molecule has 0 bridgehead atoms. The number of nitrogens with zero attached hydrogens (tertiary/aromatic N) is 5. The molecule has 0 radical (unpaired) electrons. The SMILES string of the molecule is Cc1cc(C)c(-c2cc(C)c(OP(=O)(O)OCCC[C@H](C(=O)O)N3CCN(CC=O)CCN(Cc4ccccn4)CCN(CC(=O)O)CC3)cc2C)c(C)c1. The smallest absolute Gasteiger partial charge is 0.480 e. The van der Waals surface area contributed by atoms with E-state index < -0.39 is 25.8 Å². The molecule has 1 saturated heterocycles. The van der Waals surface area contributed by atoms with Gasteiger partial charge in [-0.3, -0.25) is 43.6 Å². The van der Waals surface area contributed by atoms with E-state index in [2.05, 4.69) is 42.8 Å². The van der Waals surface area contributed by atoms with Crippen molar-refractivity contribution in [2.24, 2.45) is 0 Å². The van der Waals surface area contributed by atoms with Gasteiger partial charge in [0.2, 0.25) is 0 Å². The van der Waals surface area contributed by atoms with Gasteiger partial charge in [-0.2, -0.15) is 0 Å². The van der Waals surface area contributed by atoms with E-state index in [0.29, 0.717) is 57.9 Å². The number of hydrogen-bond donors (Lipinski definition) is 3. The summed E-state index contributed by atoms with van der Waals surface area (Å²) in [6.45, 7) is 13.7. The number of carbonyl (C=O) groups excluding carboxylic acids is 1.